The zero-order valence-corrected chi connectivity index (χ0v) is 12.9. The normalized spacial score (nSPS) is 11.9. The molecule has 2 aromatic heterocycles. The fourth-order valence-electron chi connectivity index (χ4n) is 2.29. The summed E-state index contributed by atoms with van der Waals surface area (Å²) in [7, 11) is -3.73. The zero-order valence-electron chi connectivity index (χ0n) is 12.1. The van der Waals surface area contributed by atoms with Gasteiger partial charge in [0.1, 0.15) is 11.4 Å². The second kappa shape index (κ2) is 5.10. The van der Waals surface area contributed by atoms with Gasteiger partial charge in [0.05, 0.1) is 10.6 Å². The predicted octanol–water partition coefficient (Wildman–Crippen LogP) is 2.10. The van der Waals surface area contributed by atoms with E-state index in [0.29, 0.717) is 28.9 Å². The van der Waals surface area contributed by atoms with Crippen molar-refractivity contribution < 1.29 is 12.8 Å². The van der Waals surface area contributed by atoms with Crippen LogP contribution in [0.25, 0.3) is 11.0 Å². The summed E-state index contributed by atoms with van der Waals surface area (Å²) in [5.74, 6) is 0.484. The third-order valence-corrected chi connectivity index (χ3v) is 5.01. The molecule has 0 fully saturated rings. The molecule has 0 amide bonds. The Bertz CT molecular complexity index is 1020. The molecule has 0 saturated carbocycles. The third kappa shape index (κ3) is 2.33. The molecule has 22 heavy (non-hydrogen) atoms. The number of fused-ring (bicyclic) bond motifs is 1. The van der Waals surface area contributed by atoms with Gasteiger partial charge in [0.15, 0.2) is 0 Å². The highest BCUT2D eigenvalue weighted by Gasteiger charge is 2.21. The lowest BCUT2D eigenvalue weighted by Crippen LogP contribution is -2.15. The number of hydrogen-bond donors (Lipinski definition) is 0. The number of imidazole rings is 1. The van der Waals surface area contributed by atoms with Crippen molar-refractivity contribution in [1.82, 2.24) is 8.96 Å². The SMILES string of the molecule is CCc1nc(C)cn1S(=O)(=O)c1ccc2oc(=O)ccc2c1. The van der Waals surface area contributed by atoms with Gasteiger partial charge >= 0.3 is 5.63 Å². The number of nitrogens with zero attached hydrogens (tertiary/aromatic N) is 2. The highest BCUT2D eigenvalue weighted by Crippen LogP contribution is 2.21. The van der Waals surface area contributed by atoms with E-state index in [0.717, 1.165) is 0 Å². The summed E-state index contributed by atoms with van der Waals surface area (Å²) in [6.45, 7) is 3.60. The maximum Gasteiger partial charge on any atom is 0.336 e. The van der Waals surface area contributed by atoms with Crippen LogP contribution >= 0.6 is 0 Å². The first-order valence-corrected chi connectivity index (χ1v) is 8.20. The predicted molar refractivity (Wildman–Crippen MR) is 81.4 cm³/mol. The Morgan fingerprint density at radius 2 is 2.00 bits per heavy atom. The summed E-state index contributed by atoms with van der Waals surface area (Å²) < 4.78 is 31.7. The van der Waals surface area contributed by atoms with E-state index in [1.54, 1.807) is 13.0 Å². The molecule has 7 heteroatoms. The quantitative estimate of drug-likeness (QED) is 0.691. The summed E-state index contributed by atoms with van der Waals surface area (Å²) >= 11 is 0. The molecule has 0 atom stereocenters. The number of benzene rings is 1. The van der Waals surface area contributed by atoms with Gasteiger partial charge in [0.2, 0.25) is 0 Å². The molecule has 114 valence electrons. The van der Waals surface area contributed by atoms with Crippen LogP contribution in [0, 0.1) is 6.92 Å². The molecule has 0 bridgehead atoms. The third-order valence-electron chi connectivity index (χ3n) is 3.33. The molecule has 6 nitrogen and oxygen atoms in total. The summed E-state index contributed by atoms with van der Waals surface area (Å²) in [5.41, 5.74) is 0.526. The average molecular weight is 318 g/mol. The Morgan fingerprint density at radius 1 is 1.23 bits per heavy atom. The first-order chi connectivity index (χ1) is 10.4. The van der Waals surface area contributed by atoms with E-state index in [4.69, 9.17) is 4.42 Å². The summed E-state index contributed by atoms with van der Waals surface area (Å²) in [6, 6.07) is 7.20. The summed E-state index contributed by atoms with van der Waals surface area (Å²) in [5, 5.41) is 0.551. The van der Waals surface area contributed by atoms with Crippen LogP contribution in [-0.4, -0.2) is 17.4 Å². The maximum absolute atomic E-state index is 12.8. The van der Waals surface area contributed by atoms with E-state index >= 15 is 0 Å². The van der Waals surface area contributed by atoms with E-state index in [9.17, 15) is 13.2 Å². The number of hydrogen-bond acceptors (Lipinski definition) is 5. The van der Waals surface area contributed by atoms with Crippen LogP contribution in [-0.2, 0) is 16.4 Å². The van der Waals surface area contributed by atoms with Gasteiger partial charge in [-0.05, 0) is 31.2 Å². The fraction of sp³-hybridized carbons (Fsp3) is 0.200. The van der Waals surface area contributed by atoms with Gasteiger partial charge in [0.25, 0.3) is 10.0 Å². The molecular formula is C15H14N2O4S. The molecular weight excluding hydrogens is 304 g/mol. The van der Waals surface area contributed by atoms with Crippen molar-refractivity contribution in [3.63, 3.8) is 0 Å². The van der Waals surface area contributed by atoms with Gasteiger partial charge in [-0.2, -0.15) is 0 Å². The van der Waals surface area contributed by atoms with Gasteiger partial charge in [-0.25, -0.2) is 22.2 Å². The lowest BCUT2D eigenvalue weighted by atomic mass is 10.2. The topological polar surface area (TPSA) is 82.2 Å². The van der Waals surface area contributed by atoms with Crippen molar-refractivity contribution in [2.75, 3.05) is 0 Å². The van der Waals surface area contributed by atoms with Gasteiger partial charge in [-0.3, -0.25) is 0 Å². The molecule has 0 aliphatic heterocycles. The smallest absolute Gasteiger partial charge is 0.336 e. The van der Waals surface area contributed by atoms with Crippen LogP contribution in [0.2, 0.25) is 0 Å². The molecule has 0 N–H and O–H groups in total. The van der Waals surface area contributed by atoms with Gasteiger partial charge in [0, 0.05) is 24.1 Å². The molecule has 2 heterocycles. The lowest BCUT2D eigenvalue weighted by molar-refractivity contribution is 0.560. The van der Waals surface area contributed by atoms with Crippen LogP contribution in [0.4, 0.5) is 0 Å². The Morgan fingerprint density at radius 3 is 2.73 bits per heavy atom. The molecule has 0 radical (unpaired) electrons. The summed E-state index contributed by atoms with van der Waals surface area (Å²) in [6.07, 6.45) is 2.01. The van der Waals surface area contributed by atoms with Crippen molar-refractivity contribution >= 4 is 21.0 Å². The molecule has 1 aromatic carbocycles. The number of aryl methyl sites for hydroxylation is 2. The minimum atomic E-state index is -3.73. The van der Waals surface area contributed by atoms with E-state index in [2.05, 4.69) is 4.98 Å². The van der Waals surface area contributed by atoms with Crippen LogP contribution in [0.1, 0.15) is 18.4 Å². The second-order valence-electron chi connectivity index (χ2n) is 4.91. The number of rotatable bonds is 3. The van der Waals surface area contributed by atoms with Crippen molar-refractivity contribution in [3.05, 3.63) is 58.5 Å². The molecule has 0 aliphatic rings. The zero-order chi connectivity index (χ0) is 15.9. The molecule has 3 aromatic rings. The minimum Gasteiger partial charge on any atom is -0.423 e. The fourth-order valence-corrected chi connectivity index (χ4v) is 3.77. The number of aromatic nitrogens is 2. The standard InChI is InChI=1S/C15H14N2O4S/c1-3-14-16-10(2)9-17(14)22(19,20)12-5-6-13-11(8-12)4-7-15(18)21-13/h4-9H,3H2,1-2H3. The highest BCUT2D eigenvalue weighted by molar-refractivity contribution is 7.90. The first-order valence-electron chi connectivity index (χ1n) is 6.76. The molecule has 0 spiro atoms. The minimum absolute atomic E-state index is 0.126. The Balaban J connectivity index is 2.20. The van der Waals surface area contributed by atoms with E-state index < -0.39 is 15.6 Å². The van der Waals surface area contributed by atoms with E-state index in [-0.39, 0.29) is 4.90 Å². The average Bonchev–Trinajstić information content (AvgIpc) is 2.88. The second-order valence-corrected chi connectivity index (χ2v) is 6.72. The Hall–Kier alpha value is -2.41. The molecule has 3 rings (SSSR count). The van der Waals surface area contributed by atoms with Gasteiger partial charge < -0.3 is 4.42 Å². The van der Waals surface area contributed by atoms with Crippen LogP contribution in [0.5, 0.6) is 0 Å². The highest BCUT2D eigenvalue weighted by atomic mass is 32.2. The van der Waals surface area contributed by atoms with E-state index in [1.165, 1.54) is 34.4 Å². The van der Waals surface area contributed by atoms with Crippen molar-refractivity contribution in [1.29, 1.82) is 0 Å². The van der Waals surface area contributed by atoms with Gasteiger partial charge in [-0.1, -0.05) is 6.92 Å². The molecule has 0 saturated heterocycles. The van der Waals surface area contributed by atoms with Crippen LogP contribution in [0.15, 0.2) is 50.6 Å². The summed E-state index contributed by atoms with van der Waals surface area (Å²) in [4.78, 5) is 15.5. The Kier molecular flexibility index (Phi) is 3.37. The van der Waals surface area contributed by atoms with Crippen molar-refractivity contribution in [2.45, 2.75) is 25.2 Å². The van der Waals surface area contributed by atoms with Crippen molar-refractivity contribution in [3.8, 4) is 0 Å². The monoisotopic (exact) mass is 318 g/mol. The van der Waals surface area contributed by atoms with E-state index in [1.807, 2.05) is 6.92 Å². The van der Waals surface area contributed by atoms with Gasteiger partial charge in [-0.15, -0.1) is 0 Å². The first kappa shape index (κ1) is 14.5. The molecule has 0 unspecified atom stereocenters. The maximum atomic E-state index is 12.8. The van der Waals surface area contributed by atoms with Crippen molar-refractivity contribution in [2.24, 2.45) is 0 Å². The molecule has 0 aliphatic carbocycles. The lowest BCUT2D eigenvalue weighted by Gasteiger charge is -2.08. The largest absolute Gasteiger partial charge is 0.423 e. The van der Waals surface area contributed by atoms with Crippen LogP contribution in [0.3, 0.4) is 0 Å². The van der Waals surface area contributed by atoms with Crippen LogP contribution < -0.4 is 5.63 Å². The Labute approximate surface area is 127 Å².